The van der Waals surface area contributed by atoms with Crippen molar-refractivity contribution in [2.24, 2.45) is 0 Å². The Bertz CT molecular complexity index is 1140. The number of aromatic amines is 1. The quantitative estimate of drug-likeness (QED) is 0.513. The number of hydrogen-bond donors (Lipinski definition) is 3. The Morgan fingerprint density at radius 3 is 2.48 bits per heavy atom. The van der Waals surface area contributed by atoms with Gasteiger partial charge in [0.2, 0.25) is 10.0 Å². The van der Waals surface area contributed by atoms with E-state index < -0.39 is 33.5 Å². The van der Waals surface area contributed by atoms with Gasteiger partial charge in [0.05, 0.1) is 23.0 Å². The van der Waals surface area contributed by atoms with Gasteiger partial charge in [0.25, 0.3) is 0 Å². The summed E-state index contributed by atoms with van der Waals surface area (Å²) in [6, 6.07) is 7.13. The lowest BCUT2D eigenvalue weighted by atomic mass is 9.87. The number of halogens is 4. The van der Waals surface area contributed by atoms with Gasteiger partial charge in [-0.2, -0.15) is 13.2 Å². The molecule has 0 aliphatic heterocycles. The number of hydrogen-bond acceptors (Lipinski definition) is 3. The van der Waals surface area contributed by atoms with Crippen LogP contribution in [-0.4, -0.2) is 31.4 Å². The van der Waals surface area contributed by atoms with Crippen LogP contribution in [0.25, 0.3) is 10.9 Å². The number of nitrogens with one attached hydrogen (secondary N) is 2. The second kappa shape index (κ2) is 7.68. The summed E-state index contributed by atoms with van der Waals surface area (Å²) in [6.07, 6.45) is -2.06. The molecule has 2 aromatic carbocycles. The normalized spacial score (nSPS) is 13.6. The molecule has 0 aliphatic carbocycles. The molecule has 0 saturated heterocycles. The van der Waals surface area contributed by atoms with Crippen molar-refractivity contribution in [3.63, 3.8) is 0 Å². The van der Waals surface area contributed by atoms with Crippen LogP contribution < -0.4 is 4.72 Å². The zero-order valence-electron chi connectivity index (χ0n) is 15.2. The first-order valence-corrected chi connectivity index (χ1v) is 10.5. The molecule has 0 saturated carbocycles. The zero-order chi connectivity index (χ0) is 21.4. The number of alkyl halides is 3. The van der Waals surface area contributed by atoms with Gasteiger partial charge in [-0.1, -0.05) is 18.2 Å². The second-order valence-electron chi connectivity index (χ2n) is 6.65. The van der Waals surface area contributed by atoms with Crippen molar-refractivity contribution in [1.82, 2.24) is 4.98 Å². The van der Waals surface area contributed by atoms with Gasteiger partial charge in [-0.25, -0.2) is 12.8 Å². The average molecular weight is 430 g/mol. The average Bonchev–Trinajstić information content (AvgIpc) is 3.03. The first-order valence-electron chi connectivity index (χ1n) is 8.56. The summed E-state index contributed by atoms with van der Waals surface area (Å²) in [5.74, 6) is -1.76. The summed E-state index contributed by atoms with van der Waals surface area (Å²) < 4.78 is 78.6. The fourth-order valence-corrected chi connectivity index (χ4v) is 3.91. The Labute approximate surface area is 164 Å². The van der Waals surface area contributed by atoms with Crippen LogP contribution in [-0.2, 0) is 16.2 Å². The maximum absolute atomic E-state index is 14.6. The highest BCUT2D eigenvalue weighted by Gasteiger charge is 2.32. The molecule has 1 aromatic heterocycles. The number of aromatic nitrogens is 1. The molecule has 1 unspecified atom stereocenters. The molecule has 0 spiro atoms. The Kier molecular flexibility index (Phi) is 5.59. The van der Waals surface area contributed by atoms with Crippen molar-refractivity contribution >= 4 is 26.6 Å². The number of anilines is 1. The third-order valence-corrected chi connectivity index (χ3v) is 5.13. The molecular formula is C19H18F4N2O3S. The predicted octanol–water partition coefficient (Wildman–Crippen LogP) is 4.21. The third-order valence-electron chi connectivity index (χ3n) is 4.54. The van der Waals surface area contributed by atoms with Crippen LogP contribution in [0.3, 0.4) is 0 Å². The zero-order valence-corrected chi connectivity index (χ0v) is 16.0. The molecular weight excluding hydrogens is 412 g/mol. The standard InChI is InChI=1S/C19H18F4N2O3S/c1-29(27,28)25-17-4-2-3-14-15(10-24-18(14)17)12(7-8-26)13-6-5-11(9-16(13)20)19(21,22)23/h2-6,9-10,12,24-26H,7-8H2,1H3. The summed E-state index contributed by atoms with van der Waals surface area (Å²) in [4.78, 5) is 2.93. The maximum atomic E-state index is 14.6. The first kappa shape index (κ1) is 21.1. The molecule has 3 N–H and O–H groups in total. The van der Waals surface area contributed by atoms with Crippen LogP contribution in [0, 0.1) is 5.82 Å². The van der Waals surface area contributed by atoms with Crippen LogP contribution in [0.15, 0.2) is 42.6 Å². The van der Waals surface area contributed by atoms with Gasteiger partial charge in [-0.05, 0) is 35.7 Å². The van der Waals surface area contributed by atoms with Crippen molar-refractivity contribution in [3.8, 4) is 0 Å². The van der Waals surface area contributed by atoms with E-state index in [1.165, 1.54) is 6.20 Å². The molecule has 29 heavy (non-hydrogen) atoms. The largest absolute Gasteiger partial charge is 0.416 e. The van der Waals surface area contributed by atoms with E-state index in [9.17, 15) is 31.1 Å². The number of aliphatic hydroxyl groups is 1. The molecule has 0 amide bonds. The summed E-state index contributed by atoms with van der Waals surface area (Å²) in [7, 11) is -3.54. The van der Waals surface area contributed by atoms with E-state index in [0.717, 1.165) is 18.4 Å². The fourth-order valence-electron chi connectivity index (χ4n) is 3.34. The Balaban J connectivity index is 2.11. The molecule has 10 heteroatoms. The molecule has 3 aromatic rings. The lowest BCUT2D eigenvalue weighted by Gasteiger charge is -2.18. The van der Waals surface area contributed by atoms with Crippen LogP contribution >= 0.6 is 0 Å². The van der Waals surface area contributed by atoms with Gasteiger partial charge < -0.3 is 10.1 Å². The van der Waals surface area contributed by atoms with E-state index in [0.29, 0.717) is 22.5 Å². The summed E-state index contributed by atoms with van der Waals surface area (Å²) in [5.41, 5.74) is 0.175. The number of sulfonamides is 1. The first-order chi connectivity index (χ1) is 13.5. The van der Waals surface area contributed by atoms with Gasteiger partial charge in [0.15, 0.2) is 0 Å². The van der Waals surface area contributed by atoms with Crippen molar-refractivity contribution < 1.29 is 31.1 Å². The molecule has 0 aliphatic rings. The van der Waals surface area contributed by atoms with E-state index in [4.69, 9.17) is 0 Å². The monoisotopic (exact) mass is 430 g/mol. The van der Waals surface area contributed by atoms with Gasteiger partial charge >= 0.3 is 6.18 Å². The predicted molar refractivity (Wildman–Crippen MR) is 102 cm³/mol. The highest BCUT2D eigenvalue weighted by Crippen LogP contribution is 2.38. The lowest BCUT2D eigenvalue weighted by Crippen LogP contribution is -2.10. The minimum Gasteiger partial charge on any atom is -0.396 e. The summed E-state index contributed by atoms with van der Waals surface area (Å²) in [6.45, 7) is -0.320. The van der Waals surface area contributed by atoms with Crippen LogP contribution in [0.4, 0.5) is 23.2 Å². The van der Waals surface area contributed by atoms with Gasteiger partial charge in [0.1, 0.15) is 5.82 Å². The smallest absolute Gasteiger partial charge is 0.396 e. The number of benzene rings is 2. The SMILES string of the molecule is CS(=O)(=O)Nc1cccc2c(C(CCO)c3ccc(C(F)(F)F)cc3F)c[nH]c12. The lowest BCUT2D eigenvalue weighted by molar-refractivity contribution is -0.137. The Morgan fingerprint density at radius 1 is 1.17 bits per heavy atom. The van der Waals surface area contributed by atoms with Gasteiger partial charge in [-0.3, -0.25) is 4.72 Å². The minimum absolute atomic E-state index is 0.00873. The molecule has 0 bridgehead atoms. The van der Waals surface area contributed by atoms with Gasteiger partial charge in [-0.15, -0.1) is 0 Å². The van der Waals surface area contributed by atoms with Gasteiger partial charge in [0, 0.05) is 24.1 Å². The highest BCUT2D eigenvalue weighted by atomic mass is 32.2. The van der Waals surface area contributed by atoms with Crippen molar-refractivity contribution in [3.05, 3.63) is 65.1 Å². The number of aliphatic hydroxyl groups excluding tert-OH is 1. The Hall–Kier alpha value is -2.59. The van der Waals surface area contributed by atoms with Crippen LogP contribution in [0.5, 0.6) is 0 Å². The van der Waals surface area contributed by atoms with E-state index >= 15 is 0 Å². The Morgan fingerprint density at radius 2 is 1.90 bits per heavy atom. The number of rotatable bonds is 6. The number of fused-ring (bicyclic) bond motifs is 1. The molecule has 156 valence electrons. The minimum atomic E-state index is -4.67. The van der Waals surface area contributed by atoms with E-state index in [-0.39, 0.29) is 24.3 Å². The van der Waals surface area contributed by atoms with E-state index in [2.05, 4.69) is 9.71 Å². The molecule has 5 nitrogen and oxygen atoms in total. The van der Waals surface area contributed by atoms with Crippen LogP contribution in [0.1, 0.15) is 29.0 Å². The molecule has 0 fully saturated rings. The van der Waals surface area contributed by atoms with E-state index in [1.54, 1.807) is 18.2 Å². The van der Waals surface area contributed by atoms with Crippen molar-refractivity contribution in [2.45, 2.75) is 18.5 Å². The molecule has 1 heterocycles. The summed E-state index contributed by atoms with van der Waals surface area (Å²) >= 11 is 0. The van der Waals surface area contributed by atoms with Crippen molar-refractivity contribution in [1.29, 1.82) is 0 Å². The maximum Gasteiger partial charge on any atom is 0.416 e. The highest BCUT2D eigenvalue weighted by molar-refractivity contribution is 7.92. The fraction of sp³-hybridized carbons (Fsp3) is 0.263. The molecule has 0 radical (unpaired) electrons. The summed E-state index contributed by atoms with van der Waals surface area (Å²) in [5, 5.41) is 10.0. The third kappa shape index (κ3) is 4.54. The van der Waals surface area contributed by atoms with Crippen molar-refractivity contribution in [2.75, 3.05) is 17.6 Å². The molecule has 3 rings (SSSR count). The number of H-pyrrole nitrogens is 1. The van der Waals surface area contributed by atoms with Crippen LogP contribution in [0.2, 0.25) is 0 Å². The number of para-hydroxylation sites is 1. The second-order valence-corrected chi connectivity index (χ2v) is 8.39. The molecule has 1 atom stereocenters. The topological polar surface area (TPSA) is 82.2 Å². The van der Waals surface area contributed by atoms with E-state index in [1.807, 2.05) is 0 Å².